The lowest BCUT2D eigenvalue weighted by atomic mass is 10.1. The summed E-state index contributed by atoms with van der Waals surface area (Å²) in [6.45, 7) is -0.133. The van der Waals surface area contributed by atoms with Crippen LogP contribution in [0.2, 0.25) is 0 Å². The first-order valence-corrected chi connectivity index (χ1v) is 10.0. The molecule has 0 saturated heterocycles. The van der Waals surface area contributed by atoms with E-state index in [1.165, 1.54) is 47.3 Å². The van der Waals surface area contributed by atoms with E-state index in [-0.39, 0.29) is 23.5 Å². The van der Waals surface area contributed by atoms with Crippen molar-refractivity contribution in [3.63, 3.8) is 0 Å². The number of carboxylic acid groups (broad SMARTS) is 1. The zero-order chi connectivity index (χ0) is 25.3. The molecule has 4 aromatic rings. The molecular formula is C24H15F6N3O2. The maximum atomic E-state index is 14.1. The number of aromatic nitrogens is 2. The monoisotopic (exact) mass is 491 g/mol. The number of halogens is 6. The fraction of sp³-hybridized carbons (Fsp3) is 0.0833. The minimum absolute atomic E-state index is 0.0413. The number of hydrogen-bond acceptors (Lipinski definition) is 3. The van der Waals surface area contributed by atoms with Gasteiger partial charge in [-0.2, -0.15) is 18.3 Å². The summed E-state index contributed by atoms with van der Waals surface area (Å²) in [5.41, 5.74) is 0.288. The van der Waals surface area contributed by atoms with Gasteiger partial charge in [-0.25, -0.2) is 22.6 Å². The van der Waals surface area contributed by atoms with E-state index in [2.05, 4.69) is 10.4 Å². The number of anilines is 1. The van der Waals surface area contributed by atoms with Crippen LogP contribution in [0.25, 0.3) is 16.9 Å². The minimum atomic E-state index is -4.53. The summed E-state index contributed by atoms with van der Waals surface area (Å²) in [6.07, 6.45) is -3.02. The van der Waals surface area contributed by atoms with Crippen LogP contribution in [0.15, 0.2) is 66.9 Å². The molecule has 0 saturated carbocycles. The first-order valence-electron chi connectivity index (χ1n) is 10.0. The van der Waals surface area contributed by atoms with Gasteiger partial charge in [-0.05, 0) is 48.5 Å². The molecule has 0 aliphatic rings. The molecule has 180 valence electrons. The van der Waals surface area contributed by atoms with Gasteiger partial charge < -0.3 is 10.4 Å². The fourth-order valence-corrected chi connectivity index (χ4v) is 3.34. The van der Waals surface area contributed by atoms with E-state index in [1.54, 1.807) is 0 Å². The van der Waals surface area contributed by atoms with Gasteiger partial charge in [-0.15, -0.1) is 0 Å². The van der Waals surface area contributed by atoms with Gasteiger partial charge >= 0.3 is 12.1 Å². The van der Waals surface area contributed by atoms with E-state index in [1.807, 2.05) is 0 Å². The predicted molar refractivity (Wildman–Crippen MR) is 115 cm³/mol. The van der Waals surface area contributed by atoms with E-state index >= 15 is 0 Å². The quantitative estimate of drug-likeness (QED) is 0.246. The fourth-order valence-electron chi connectivity index (χ4n) is 3.34. The Hall–Kier alpha value is -4.28. The number of aromatic carboxylic acids is 1. The molecule has 35 heavy (non-hydrogen) atoms. The molecule has 5 nitrogen and oxygen atoms in total. The van der Waals surface area contributed by atoms with Crippen LogP contribution in [0, 0.1) is 17.5 Å². The van der Waals surface area contributed by atoms with Gasteiger partial charge in [-0.1, -0.05) is 12.1 Å². The van der Waals surface area contributed by atoms with Crippen LogP contribution >= 0.6 is 0 Å². The highest BCUT2D eigenvalue weighted by molar-refractivity contribution is 5.87. The Morgan fingerprint density at radius 1 is 0.914 bits per heavy atom. The summed E-state index contributed by atoms with van der Waals surface area (Å²) >= 11 is 0. The highest BCUT2D eigenvalue weighted by Gasteiger charge is 2.30. The Labute approximate surface area is 194 Å². The second kappa shape index (κ2) is 9.16. The van der Waals surface area contributed by atoms with Crippen molar-refractivity contribution in [2.45, 2.75) is 12.7 Å². The van der Waals surface area contributed by atoms with Crippen molar-refractivity contribution in [1.82, 2.24) is 9.78 Å². The SMILES string of the molecule is O=C(O)c1ccc(-n2cc(CNc3ccc(F)c(F)c3F)c(-c3ccc(C(F)(F)F)cc3)n2)cc1. The molecule has 0 amide bonds. The maximum absolute atomic E-state index is 14.1. The molecule has 0 aliphatic heterocycles. The smallest absolute Gasteiger partial charge is 0.416 e. The van der Waals surface area contributed by atoms with Gasteiger partial charge in [0.15, 0.2) is 17.5 Å². The average molecular weight is 491 g/mol. The van der Waals surface area contributed by atoms with Crippen LogP contribution < -0.4 is 5.32 Å². The lowest BCUT2D eigenvalue weighted by Crippen LogP contribution is -2.05. The number of hydrogen-bond donors (Lipinski definition) is 2. The van der Waals surface area contributed by atoms with Crippen molar-refractivity contribution >= 4 is 11.7 Å². The molecule has 0 bridgehead atoms. The third kappa shape index (κ3) is 4.98. The molecule has 1 aromatic heterocycles. The summed E-state index contributed by atoms with van der Waals surface area (Å²) in [7, 11) is 0. The number of rotatable bonds is 6. The van der Waals surface area contributed by atoms with Crippen LogP contribution in [-0.2, 0) is 12.7 Å². The van der Waals surface area contributed by atoms with Crippen LogP contribution in [0.5, 0.6) is 0 Å². The van der Waals surface area contributed by atoms with Crippen LogP contribution in [-0.4, -0.2) is 20.9 Å². The summed E-state index contributed by atoms with van der Waals surface area (Å²) in [4.78, 5) is 11.1. The third-order valence-corrected chi connectivity index (χ3v) is 5.16. The molecule has 0 radical (unpaired) electrons. The Balaban J connectivity index is 1.72. The van der Waals surface area contributed by atoms with Gasteiger partial charge in [0, 0.05) is 23.9 Å². The van der Waals surface area contributed by atoms with Gasteiger partial charge in [-0.3, -0.25) is 0 Å². The van der Waals surface area contributed by atoms with E-state index in [0.717, 1.165) is 24.3 Å². The molecule has 11 heteroatoms. The van der Waals surface area contributed by atoms with Crippen molar-refractivity contribution in [1.29, 1.82) is 0 Å². The summed E-state index contributed by atoms with van der Waals surface area (Å²) in [5.74, 6) is -5.54. The number of benzene rings is 3. The number of carboxylic acids is 1. The molecule has 0 atom stereocenters. The first kappa shape index (κ1) is 23.9. The third-order valence-electron chi connectivity index (χ3n) is 5.16. The number of nitrogens with one attached hydrogen (secondary N) is 1. The van der Waals surface area contributed by atoms with Crippen LogP contribution in [0.3, 0.4) is 0 Å². The van der Waals surface area contributed by atoms with E-state index in [0.29, 0.717) is 16.8 Å². The van der Waals surface area contributed by atoms with Crippen molar-refractivity contribution in [2.24, 2.45) is 0 Å². The van der Waals surface area contributed by atoms with Crippen LogP contribution in [0.1, 0.15) is 21.5 Å². The van der Waals surface area contributed by atoms with Gasteiger partial charge in [0.25, 0.3) is 0 Å². The molecule has 1 heterocycles. The van der Waals surface area contributed by atoms with Crippen molar-refractivity contribution < 1.29 is 36.2 Å². The molecule has 3 aromatic carbocycles. The largest absolute Gasteiger partial charge is 0.478 e. The van der Waals surface area contributed by atoms with Crippen molar-refractivity contribution in [2.75, 3.05) is 5.32 Å². The molecular weight excluding hydrogens is 476 g/mol. The zero-order valence-corrected chi connectivity index (χ0v) is 17.6. The van der Waals surface area contributed by atoms with E-state index in [9.17, 15) is 31.1 Å². The molecule has 2 N–H and O–H groups in total. The van der Waals surface area contributed by atoms with E-state index < -0.39 is 35.2 Å². The van der Waals surface area contributed by atoms with Crippen LogP contribution in [0.4, 0.5) is 32.0 Å². The molecule has 0 unspecified atom stereocenters. The topological polar surface area (TPSA) is 67.2 Å². The molecule has 0 aliphatic carbocycles. The Kier molecular flexibility index (Phi) is 6.25. The van der Waals surface area contributed by atoms with Crippen molar-refractivity contribution in [3.8, 4) is 16.9 Å². The highest BCUT2D eigenvalue weighted by Crippen LogP contribution is 2.32. The number of carbonyl (C=O) groups is 1. The second-order valence-corrected chi connectivity index (χ2v) is 7.45. The molecule has 4 rings (SSSR count). The van der Waals surface area contributed by atoms with E-state index in [4.69, 9.17) is 5.11 Å². The summed E-state index contributed by atoms with van der Waals surface area (Å²) in [5, 5.41) is 16.1. The standard InChI is InChI=1S/C24H15F6N3O2/c25-18-9-10-19(21(27)20(18)26)31-11-15-12-33(17-7-3-14(4-8-17)23(34)35)32-22(15)13-1-5-16(6-2-13)24(28,29)30/h1-10,12,31H,11H2,(H,34,35). The summed E-state index contributed by atoms with van der Waals surface area (Å²) < 4.78 is 81.1. The highest BCUT2D eigenvalue weighted by atomic mass is 19.4. The number of nitrogens with zero attached hydrogens (tertiary/aromatic N) is 2. The second-order valence-electron chi connectivity index (χ2n) is 7.45. The lowest BCUT2D eigenvalue weighted by Gasteiger charge is -2.10. The molecule has 0 fully saturated rings. The van der Waals surface area contributed by atoms with Gasteiger partial charge in [0.1, 0.15) is 0 Å². The molecule has 0 spiro atoms. The van der Waals surface area contributed by atoms with Gasteiger partial charge in [0.2, 0.25) is 0 Å². The lowest BCUT2D eigenvalue weighted by molar-refractivity contribution is -0.137. The normalized spacial score (nSPS) is 11.5. The Morgan fingerprint density at radius 3 is 2.17 bits per heavy atom. The zero-order valence-electron chi connectivity index (χ0n) is 17.6. The Bertz CT molecular complexity index is 1380. The number of alkyl halides is 3. The van der Waals surface area contributed by atoms with Crippen molar-refractivity contribution in [3.05, 3.63) is 101 Å². The predicted octanol–water partition coefficient (Wildman–Crippen LogP) is 6.29. The average Bonchev–Trinajstić information content (AvgIpc) is 3.26. The maximum Gasteiger partial charge on any atom is 0.416 e. The Morgan fingerprint density at radius 2 is 1.57 bits per heavy atom. The minimum Gasteiger partial charge on any atom is -0.478 e. The van der Waals surface area contributed by atoms with Gasteiger partial charge in [0.05, 0.1) is 28.2 Å². The first-order chi connectivity index (χ1) is 16.5. The summed E-state index contributed by atoms with van der Waals surface area (Å²) in [6, 6.07) is 11.7.